The van der Waals surface area contributed by atoms with Crippen molar-refractivity contribution >= 4 is 34.2 Å². The zero-order valence-corrected chi connectivity index (χ0v) is 7.89. The van der Waals surface area contributed by atoms with E-state index in [4.69, 9.17) is 27.6 Å². The minimum Gasteiger partial charge on any atom is -0.422 e. The molecule has 0 unspecified atom stereocenters. The van der Waals surface area contributed by atoms with Gasteiger partial charge in [-0.25, -0.2) is 4.79 Å². The third kappa shape index (κ3) is 1.55. The smallest absolute Gasteiger partial charge is 0.355 e. The highest BCUT2D eigenvalue weighted by atomic mass is 35.5. The molecule has 1 aromatic heterocycles. The van der Waals surface area contributed by atoms with Gasteiger partial charge < -0.3 is 4.42 Å². The second kappa shape index (κ2) is 3.05. The van der Waals surface area contributed by atoms with Gasteiger partial charge in [-0.3, -0.25) is 0 Å². The fraction of sp³-hybridized carbons (Fsp3) is 0. The average molecular weight is 215 g/mol. The Balaban J connectivity index is 2.89. The first kappa shape index (κ1) is 8.60. The molecule has 0 aliphatic rings. The Hall–Kier alpha value is -0.990. The lowest BCUT2D eigenvalue weighted by Gasteiger charge is -1.96. The quantitative estimate of drug-likeness (QED) is 0.632. The summed E-state index contributed by atoms with van der Waals surface area (Å²) < 4.78 is 4.90. The van der Waals surface area contributed by atoms with E-state index in [-0.39, 0.29) is 5.02 Å². The molecule has 0 aliphatic carbocycles. The van der Waals surface area contributed by atoms with Crippen molar-refractivity contribution in [1.82, 2.24) is 0 Å². The molecule has 2 aromatic rings. The van der Waals surface area contributed by atoms with Gasteiger partial charge in [-0.2, -0.15) is 0 Å². The zero-order chi connectivity index (χ0) is 9.42. The van der Waals surface area contributed by atoms with Crippen molar-refractivity contribution in [3.05, 3.63) is 44.7 Å². The van der Waals surface area contributed by atoms with Crippen LogP contribution in [0.3, 0.4) is 0 Å². The van der Waals surface area contributed by atoms with Crippen molar-refractivity contribution in [2.45, 2.75) is 0 Å². The number of hydrogen-bond acceptors (Lipinski definition) is 2. The van der Waals surface area contributed by atoms with Crippen molar-refractivity contribution < 1.29 is 4.42 Å². The maximum Gasteiger partial charge on any atom is 0.355 e. The molecule has 0 aliphatic heterocycles. The Labute approximate surface area is 83.7 Å². The Morgan fingerprint density at radius 1 is 1.15 bits per heavy atom. The van der Waals surface area contributed by atoms with Crippen LogP contribution >= 0.6 is 23.2 Å². The standard InChI is InChI=1S/C9H4Cl2O2/c10-6-1-2-8-5(3-6)4-7(11)9(12)13-8/h1-4H. The number of fused-ring (bicyclic) bond motifs is 1. The van der Waals surface area contributed by atoms with E-state index < -0.39 is 5.63 Å². The van der Waals surface area contributed by atoms with Gasteiger partial charge in [0.25, 0.3) is 0 Å². The number of benzene rings is 1. The summed E-state index contributed by atoms with van der Waals surface area (Å²) >= 11 is 11.3. The number of rotatable bonds is 0. The third-order valence-corrected chi connectivity index (χ3v) is 2.15. The van der Waals surface area contributed by atoms with E-state index in [0.717, 1.165) is 5.39 Å². The van der Waals surface area contributed by atoms with Gasteiger partial charge in [0.05, 0.1) is 0 Å². The maximum absolute atomic E-state index is 11.0. The summed E-state index contributed by atoms with van der Waals surface area (Å²) in [6.07, 6.45) is 0. The molecule has 0 fully saturated rings. The zero-order valence-electron chi connectivity index (χ0n) is 6.38. The Morgan fingerprint density at radius 3 is 2.69 bits per heavy atom. The molecule has 2 nitrogen and oxygen atoms in total. The van der Waals surface area contributed by atoms with Gasteiger partial charge in [-0.15, -0.1) is 0 Å². The van der Waals surface area contributed by atoms with Crippen LogP contribution in [0.25, 0.3) is 11.0 Å². The molecule has 66 valence electrons. The van der Waals surface area contributed by atoms with Crippen LogP contribution in [0.2, 0.25) is 10.0 Å². The Kier molecular flexibility index (Phi) is 2.02. The van der Waals surface area contributed by atoms with E-state index in [1.807, 2.05) is 0 Å². The van der Waals surface area contributed by atoms with Crippen molar-refractivity contribution in [2.24, 2.45) is 0 Å². The van der Waals surface area contributed by atoms with Gasteiger partial charge in [-0.05, 0) is 24.3 Å². The molecular formula is C9H4Cl2O2. The molecule has 2 rings (SSSR count). The predicted molar refractivity (Wildman–Crippen MR) is 52.5 cm³/mol. The molecule has 0 amide bonds. The monoisotopic (exact) mass is 214 g/mol. The lowest BCUT2D eigenvalue weighted by atomic mass is 10.2. The summed E-state index contributed by atoms with van der Waals surface area (Å²) in [4.78, 5) is 11.0. The molecule has 0 saturated carbocycles. The summed E-state index contributed by atoms with van der Waals surface area (Å²) in [5.74, 6) is 0. The second-order valence-electron chi connectivity index (χ2n) is 2.56. The molecule has 1 heterocycles. The molecule has 0 atom stereocenters. The normalized spacial score (nSPS) is 10.6. The van der Waals surface area contributed by atoms with Gasteiger partial charge in [0.2, 0.25) is 0 Å². The minimum atomic E-state index is -0.531. The number of halogens is 2. The first-order chi connectivity index (χ1) is 6.16. The SMILES string of the molecule is O=c1oc2ccc(Cl)cc2cc1Cl. The summed E-state index contributed by atoms with van der Waals surface area (Å²) in [6, 6.07) is 6.51. The van der Waals surface area contributed by atoms with Crippen molar-refractivity contribution in [3.8, 4) is 0 Å². The van der Waals surface area contributed by atoms with Crippen LogP contribution in [-0.2, 0) is 0 Å². The Morgan fingerprint density at radius 2 is 1.92 bits per heavy atom. The second-order valence-corrected chi connectivity index (χ2v) is 3.41. The average Bonchev–Trinajstić information content (AvgIpc) is 2.08. The minimum absolute atomic E-state index is 0.0646. The van der Waals surface area contributed by atoms with Gasteiger partial charge in [0.15, 0.2) is 0 Å². The van der Waals surface area contributed by atoms with E-state index >= 15 is 0 Å². The van der Waals surface area contributed by atoms with Crippen molar-refractivity contribution in [1.29, 1.82) is 0 Å². The van der Waals surface area contributed by atoms with Gasteiger partial charge >= 0.3 is 5.63 Å². The molecule has 13 heavy (non-hydrogen) atoms. The molecule has 0 saturated heterocycles. The van der Waals surface area contributed by atoms with Crippen LogP contribution < -0.4 is 5.63 Å². The molecular weight excluding hydrogens is 211 g/mol. The largest absolute Gasteiger partial charge is 0.422 e. The van der Waals surface area contributed by atoms with Crippen molar-refractivity contribution in [3.63, 3.8) is 0 Å². The summed E-state index contributed by atoms with van der Waals surface area (Å²) in [6.45, 7) is 0. The molecule has 0 N–H and O–H groups in total. The van der Waals surface area contributed by atoms with E-state index in [9.17, 15) is 4.79 Å². The lowest BCUT2D eigenvalue weighted by molar-refractivity contribution is 0.561. The van der Waals surface area contributed by atoms with Crippen LogP contribution in [0.1, 0.15) is 0 Å². The Bertz CT molecular complexity index is 516. The van der Waals surface area contributed by atoms with E-state index in [0.29, 0.717) is 10.6 Å². The third-order valence-electron chi connectivity index (χ3n) is 1.65. The first-order valence-corrected chi connectivity index (χ1v) is 4.31. The molecule has 1 aromatic carbocycles. The van der Waals surface area contributed by atoms with E-state index in [2.05, 4.69) is 0 Å². The highest BCUT2D eigenvalue weighted by molar-refractivity contribution is 6.32. The highest BCUT2D eigenvalue weighted by Crippen LogP contribution is 2.19. The first-order valence-electron chi connectivity index (χ1n) is 3.56. The lowest BCUT2D eigenvalue weighted by Crippen LogP contribution is -1.97. The molecule has 0 spiro atoms. The number of hydrogen-bond donors (Lipinski definition) is 0. The van der Waals surface area contributed by atoms with Gasteiger partial charge in [0, 0.05) is 10.4 Å². The highest BCUT2D eigenvalue weighted by Gasteiger charge is 2.02. The van der Waals surface area contributed by atoms with Gasteiger partial charge in [0.1, 0.15) is 10.6 Å². The fourth-order valence-corrected chi connectivity index (χ4v) is 1.41. The predicted octanol–water partition coefficient (Wildman–Crippen LogP) is 3.10. The molecule has 0 radical (unpaired) electrons. The topological polar surface area (TPSA) is 30.2 Å². The van der Waals surface area contributed by atoms with Crippen LogP contribution in [0.5, 0.6) is 0 Å². The van der Waals surface area contributed by atoms with Crippen LogP contribution in [0.4, 0.5) is 0 Å². The fourth-order valence-electron chi connectivity index (χ4n) is 1.07. The summed E-state index contributed by atoms with van der Waals surface area (Å²) in [5.41, 5.74) is -0.0460. The maximum atomic E-state index is 11.0. The molecule has 4 heteroatoms. The summed E-state index contributed by atoms with van der Waals surface area (Å²) in [5, 5.41) is 1.37. The van der Waals surface area contributed by atoms with E-state index in [1.54, 1.807) is 18.2 Å². The summed E-state index contributed by atoms with van der Waals surface area (Å²) in [7, 11) is 0. The van der Waals surface area contributed by atoms with Crippen LogP contribution in [0, 0.1) is 0 Å². The van der Waals surface area contributed by atoms with Crippen LogP contribution in [-0.4, -0.2) is 0 Å². The van der Waals surface area contributed by atoms with Gasteiger partial charge in [-0.1, -0.05) is 23.2 Å². The van der Waals surface area contributed by atoms with E-state index in [1.165, 1.54) is 6.07 Å². The van der Waals surface area contributed by atoms with Crippen molar-refractivity contribution in [2.75, 3.05) is 0 Å². The van der Waals surface area contributed by atoms with Crippen LogP contribution in [0.15, 0.2) is 33.5 Å². The molecule has 0 bridgehead atoms.